The highest BCUT2D eigenvalue weighted by Crippen LogP contribution is 2.30. The number of carbonyl (C=O) groups excluding carboxylic acids is 1. The Hall–Kier alpha value is -2.51. The summed E-state index contributed by atoms with van der Waals surface area (Å²) >= 11 is 7.59. The van der Waals surface area contributed by atoms with Gasteiger partial charge in [-0.3, -0.25) is 9.36 Å². The molecule has 4 rings (SSSR count). The highest BCUT2D eigenvalue weighted by molar-refractivity contribution is 7.99. The summed E-state index contributed by atoms with van der Waals surface area (Å²) in [7, 11) is 1.59. The number of ketones is 1. The van der Waals surface area contributed by atoms with Gasteiger partial charge in [0.25, 0.3) is 0 Å². The molecule has 2 heterocycles. The number of benzene rings is 2. The van der Waals surface area contributed by atoms with Crippen LogP contribution in [0.3, 0.4) is 0 Å². The van der Waals surface area contributed by atoms with Crippen LogP contribution < -0.4 is 9.64 Å². The topological polar surface area (TPSA) is 60.2 Å². The van der Waals surface area contributed by atoms with Crippen LogP contribution in [0.4, 0.5) is 5.95 Å². The number of anilines is 1. The zero-order chi connectivity index (χ0) is 20.2. The van der Waals surface area contributed by atoms with Crippen molar-refractivity contribution in [2.45, 2.75) is 18.0 Å². The molecule has 29 heavy (non-hydrogen) atoms. The predicted octanol–water partition coefficient (Wildman–Crippen LogP) is 4.50. The number of aromatic nitrogens is 3. The van der Waals surface area contributed by atoms with Gasteiger partial charge in [-0.1, -0.05) is 41.6 Å². The third-order valence-corrected chi connectivity index (χ3v) is 5.96. The molecule has 150 valence electrons. The molecular formula is C21H21ClN4O2S. The monoisotopic (exact) mass is 428 g/mol. The smallest absolute Gasteiger partial charge is 0.232 e. The summed E-state index contributed by atoms with van der Waals surface area (Å²) in [4.78, 5) is 14.9. The normalized spacial score (nSPS) is 13.7. The van der Waals surface area contributed by atoms with Crippen LogP contribution in [-0.2, 0) is 0 Å². The molecule has 3 aromatic rings. The van der Waals surface area contributed by atoms with Crippen LogP contribution >= 0.6 is 23.4 Å². The van der Waals surface area contributed by atoms with Crippen molar-refractivity contribution >= 4 is 35.1 Å². The van der Waals surface area contributed by atoms with E-state index < -0.39 is 0 Å². The summed E-state index contributed by atoms with van der Waals surface area (Å²) in [5.74, 6) is 1.73. The summed E-state index contributed by atoms with van der Waals surface area (Å²) in [5.41, 5.74) is 1.51. The van der Waals surface area contributed by atoms with Gasteiger partial charge in [0, 0.05) is 23.7 Å². The van der Waals surface area contributed by atoms with E-state index in [-0.39, 0.29) is 11.5 Å². The first-order valence-corrected chi connectivity index (χ1v) is 10.8. The molecular weight excluding hydrogens is 408 g/mol. The van der Waals surface area contributed by atoms with Crippen molar-refractivity contribution in [2.75, 3.05) is 30.9 Å². The minimum atomic E-state index is 0.0114. The molecule has 1 aliphatic rings. The number of halogens is 1. The summed E-state index contributed by atoms with van der Waals surface area (Å²) in [6.07, 6.45) is 2.28. The molecule has 0 spiro atoms. The average molecular weight is 429 g/mol. The van der Waals surface area contributed by atoms with Gasteiger partial charge >= 0.3 is 0 Å². The fraction of sp³-hybridized carbons (Fsp3) is 0.286. The molecule has 1 saturated heterocycles. The van der Waals surface area contributed by atoms with Crippen LogP contribution in [0.5, 0.6) is 5.75 Å². The summed E-state index contributed by atoms with van der Waals surface area (Å²) in [6.45, 7) is 1.90. The van der Waals surface area contributed by atoms with Crippen LogP contribution in [0, 0.1) is 0 Å². The number of ether oxygens (including phenoxy) is 1. The molecule has 0 radical (unpaired) electrons. The Labute approximate surface area is 178 Å². The molecule has 1 fully saturated rings. The zero-order valence-corrected chi connectivity index (χ0v) is 17.6. The fourth-order valence-corrected chi connectivity index (χ4v) is 4.35. The Morgan fingerprint density at radius 2 is 1.93 bits per heavy atom. The van der Waals surface area contributed by atoms with Crippen LogP contribution in [-0.4, -0.2) is 46.5 Å². The Morgan fingerprint density at radius 3 is 2.69 bits per heavy atom. The van der Waals surface area contributed by atoms with E-state index in [1.165, 1.54) is 11.8 Å². The van der Waals surface area contributed by atoms with E-state index in [1.807, 2.05) is 41.0 Å². The van der Waals surface area contributed by atoms with E-state index in [1.54, 1.807) is 19.2 Å². The molecule has 0 atom stereocenters. The standard InChI is InChI=1S/C21H21ClN4O2S/c1-28-18-9-4-6-15(12-18)19(27)14-29-21-24-23-20(25-10-2-3-11-25)26(21)17-8-5-7-16(22)13-17/h4-9,12-13H,2-3,10-11,14H2,1H3. The summed E-state index contributed by atoms with van der Waals surface area (Å²) in [5, 5.41) is 10.1. The van der Waals surface area contributed by atoms with Gasteiger partial charge in [0.05, 0.1) is 18.6 Å². The van der Waals surface area contributed by atoms with Gasteiger partial charge in [-0.15, -0.1) is 10.2 Å². The lowest BCUT2D eigenvalue weighted by molar-refractivity contribution is 0.102. The molecule has 0 saturated carbocycles. The molecule has 1 aliphatic heterocycles. The summed E-state index contributed by atoms with van der Waals surface area (Å²) < 4.78 is 7.20. The Kier molecular flexibility index (Phi) is 6.06. The van der Waals surface area contributed by atoms with Crippen molar-refractivity contribution in [3.8, 4) is 11.4 Å². The first kappa shape index (κ1) is 19.8. The third kappa shape index (κ3) is 4.41. The van der Waals surface area contributed by atoms with Crippen LogP contribution in [0.2, 0.25) is 5.02 Å². The first-order chi connectivity index (χ1) is 14.2. The van der Waals surface area contributed by atoms with Gasteiger partial charge in [0.2, 0.25) is 5.95 Å². The van der Waals surface area contributed by atoms with E-state index in [0.29, 0.717) is 21.5 Å². The van der Waals surface area contributed by atoms with Gasteiger partial charge in [0.1, 0.15) is 5.75 Å². The van der Waals surface area contributed by atoms with Crippen LogP contribution in [0.1, 0.15) is 23.2 Å². The van der Waals surface area contributed by atoms with Gasteiger partial charge in [-0.2, -0.15) is 0 Å². The minimum Gasteiger partial charge on any atom is -0.497 e. The number of Topliss-reactive ketones (excluding diaryl/α,β-unsaturated/α-hetero) is 1. The maximum absolute atomic E-state index is 12.7. The Balaban J connectivity index is 1.60. The number of carbonyl (C=O) groups is 1. The molecule has 1 aromatic heterocycles. The van der Waals surface area contributed by atoms with E-state index >= 15 is 0 Å². The van der Waals surface area contributed by atoms with Gasteiger partial charge in [-0.05, 0) is 43.2 Å². The van der Waals surface area contributed by atoms with Crippen molar-refractivity contribution in [1.29, 1.82) is 0 Å². The zero-order valence-electron chi connectivity index (χ0n) is 16.0. The molecule has 6 nitrogen and oxygen atoms in total. The van der Waals surface area contributed by atoms with Crippen molar-refractivity contribution in [1.82, 2.24) is 14.8 Å². The maximum atomic E-state index is 12.7. The lowest BCUT2D eigenvalue weighted by Crippen LogP contribution is -2.22. The molecule has 0 aliphatic carbocycles. The third-order valence-electron chi connectivity index (χ3n) is 4.80. The second-order valence-electron chi connectivity index (χ2n) is 6.74. The fourth-order valence-electron chi connectivity index (χ4n) is 3.33. The van der Waals surface area contributed by atoms with Crippen molar-refractivity contribution in [3.05, 3.63) is 59.1 Å². The Morgan fingerprint density at radius 1 is 1.14 bits per heavy atom. The minimum absolute atomic E-state index is 0.0114. The second kappa shape index (κ2) is 8.88. The van der Waals surface area contributed by atoms with Gasteiger partial charge < -0.3 is 9.64 Å². The van der Waals surface area contributed by atoms with E-state index in [9.17, 15) is 4.79 Å². The number of hydrogen-bond donors (Lipinski definition) is 0. The second-order valence-corrected chi connectivity index (χ2v) is 8.11. The largest absolute Gasteiger partial charge is 0.497 e. The molecule has 8 heteroatoms. The molecule has 0 bridgehead atoms. The lowest BCUT2D eigenvalue weighted by Gasteiger charge is -2.18. The average Bonchev–Trinajstić information content (AvgIpc) is 3.41. The number of rotatable bonds is 7. The first-order valence-electron chi connectivity index (χ1n) is 9.42. The maximum Gasteiger partial charge on any atom is 0.232 e. The van der Waals surface area contributed by atoms with E-state index in [4.69, 9.17) is 16.3 Å². The Bertz CT molecular complexity index is 1020. The van der Waals surface area contributed by atoms with Gasteiger partial charge in [-0.25, -0.2) is 0 Å². The number of methoxy groups -OCH3 is 1. The lowest BCUT2D eigenvalue weighted by atomic mass is 10.1. The molecule has 0 unspecified atom stereocenters. The summed E-state index contributed by atoms with van der Waals surface area (Å²) in [6, 6.07) is 14.8. The predicted molar refractivity (Wildman–Crippen MR) is 116 cm³/mol. The number of hydrogen-bond acceptors (Lipinski definition) is 6. The molecule has 0 N–H and O–H groups in total. The van der Waals surface area contributed by atoms with E-state index in [2.05, 4.69) is 15.1 Å². The number of nitrogens with zero attached hydrogens (tertiary/aromatic N) is 4. The van der Waals surface area contributed by atoms with Crippen molar-refractivity contribution in [2.24, 2.45) is 0 Å². The molecule has 0 amide bonds. The van der Waals surface area contributed by atoms with Crippen LogP contribution in [0.25, 0.3) is 5.69 Å². The molecule has 2 aromatic carbocycles. The van der Waals surface area contributed by atoms with Crippen LogP contribution in [0.15, 0.2) is 53.7 Å². The quantitative estimate of drug-likeness (QED) is 0.407. The highest BCUT2D eigenvalue weighted by Gasteiger charge is 2.23. The van der Waals surface area contributed by atoms with Crippen molar-refractivity contribution < 1.29 is 9.53 Å². The SMILES string of the molecule is COc1cccc(C(=O)CSc2nnc(N3CCCC3)n2-c2cccc(Cl)c2)c1. The van der Waals surface area contributed by atoms with Gasteiger partial charge in [0.15, 0.2) is 10.9 Å². The van der Waals surface area contributed by atoms with E-state index in [0.717, 1.165) is 37.6 Å². The number of thioether (sulfide) groups is 1. The van der Waals surface area contributed by atoms with Crippen molar-refractivity contribution in [3.63, 3.8) is 0 Å². The highest BCUT2D eigenvalue weighted by atomic mass is 35.5.